The summed E-state index contributed by atoms with van der Waals surface area (Å²) in [4.78, 5) is 0. The molecular formula is C15H17NO. The average molecular weight is 227 g/mol. The molecule has 0 amide bonds. The second kappa shape index (κ2) is 3.74. The predicted molar refractivity (Wildman–Crippen MR) is 70.2 cm³/mol. The van der Waals surface area contributed by atoms with Crippen molar-refractivity contribution in [1.82, 2.24) is 0 Å². The Bertz CT molecular complexity index is 547. The molecule has 2 nitrogen and oxygen atoms in total. The number of hydrogen-bond acceptors (Lipinski definition) is 2. The van der Waals surface area contributed by atoms with Gasteiger partial charge >= 0.3 is 0 Å². The van der Waals surface area contributed by atoms with Crippen molar-refractivity contribution >= 4 is 10.8 Å². The molecule has 1 aliphatic carbocycles. The zero-order valence-electron chi connectivity index (χ0n) is 9.82. The maximum absolute atomic E-state index is 10.1. The second-order valence-electron chi connectivity index (χ2n) is 5.02. The highest BCUT2D eigenvalue weighted by atomic mass is 16.3. The molecule has 1 saturated carbocycles. The van der Waals surface area contributed by atoms with Gasteiger partial charge in [0.1, 0.15) is 5.75 Å². The zero-order chi connectivity index (χ0) is 11.9. The van der Waals surface area contributed by atoms with E-state index in [2.05, 4.69) is 12.1 Å². The van der Waals surface area contributed by atoms with Crippen molar-refractivity contribution in [2.24, 2.45) is 5.73 Å². The number of hydrogen-bond donors (Lipinski definition) is 2. The summed E-state index contributed by atoms with van der Waals surface area (Å²) in [6, 6.07) is 11.9. The summed E-state index contributed by atoms with van der Waals surface area (Å²) in [6.07, 6.45) is 3.51. The summed E-state index contributed by atoms with van der Waals surface area (Å²) in [7, 11) is 0. The molecule has 0 saturated heterocycles. The summed E-state index contributed by atoms with van der Waals surface area (Å²) in [5.74, 6) is 0.373. The fourth-order valence-corrected chi connectivity index (χ4v) is 2.95. The molecule has 3 rings (SSSR count). The van der Waals surface area contributed by atoms with Crippen molar-refractivity contribution in [3.8, 4) is 5.75 Å². The highest BCUT2D eigenvalue weighted by Crippen LogP contribution is 2.46. The summed E-state index contributed by atoms with van der Waals surface area (Å²) in [6.45, 7) is 0.667. The smallest absolute Gasteiger partial charge is 0.123 e. The molecule has 0 bridgehead atoms. The average Bonchev–Trinajstić information content (AvgIpc) is 2.29. The minimum absolute atomic E-state index is 0.0956. The first kappa shape index (κ1) is 10.6. The van der Waals surface area contributed by atoms with Gasteiger partial charge in [0.2, 0.25) is 0 Å². The number of aromatic hydroxyl groups is 1. The van der Waals surface area contributed by atoms with E-state index in [1.807, 2.05) is 18.2 Å². The van der Waals surface area contributed by atoms with E-state index in [0.717, 1.165) is 23.6 Å². The van der Waals surface area contributed by atoms with E-state index in [1.54, 1.807) is 6.07 Å². The Kier molecular flexibility index (Phi) is 2.33. The lowest BCUT2D eigenvalue weighted by molar-refractivity contribution is 0.255. The Morgan fingerprint density at radius 2 is 1.82 bits per heavy atom. The molecule has 2 aromatic rings. The standard InChI is InChI=1S/C15H17NO/c16-10-15(8-3-9-15)12-6-1-4-11-5-2-7-13(17)14(11)12/h1-2,4-7,17H,3,8-10,16H2. The van der Waals surface area contributed by atoms with Crippen LogP contribution in [-0.4, -0.2) is 11.7 Å². The number of benzene rings is 2. The van der Waals surface area contributed by atoms with Crippen LogP contribution in [0.2, 0.25) is 0 Å². The Hall–Kier alpha value is -1.54. The van der Waals surface area contributed by atoms with Gasteiger partial charge in [-0.05, 0) is 29.9 Å². The van der Waals surface area contributed by atoms with Crippen molar-refractivity contribution in [2.45, 2.75) is 24.7 Å². The highest BCUT2D eigenvalue weighted by molar-refractivity contribution is 5.92. The highest BCUT2D eigenvalue weighted by Gasteiger charge is 2.38. The van der Waals surface area contributed by atoms with Crippen LogP contribution in [0.15, 0.2) is 36.4 Å². The molecule has 17 heavy (non-hydrogen) atoms. The van der Waals surface area contributed by atoms with E-state index in [-0.39, 0.29) is 5.41 Å². The number of rotatable bonds is 2. The minimum Gasteiger partial charge on any atom is -0.507 e. The second-order valence-corrected chi connectivity index (χ2v) is 5.02. The van der Waals surface area contributed by atoms with Crippen LogP contribution in [0.25, 0.3) is 10.8 Å². The molecule has 0 radical (unpaired) electrons. The maximum Gasteiger partial charge on any atom is 0.123 e. The van der Waals surface area contributed by atoms with E-state index < -0.39 is 0 Å². The molecule has 1 fully saturated rings. The van der Waals surface area contributed by atoms with Crippen LogP contribution < -0.4 is 5.73 Å². The largest absolute Gasteiger partial charge is 0.507 e. The van der Waals surface area contributed by atoms with Gasteiger partial charge in [-0.3, -0.25) is 0 Å². The lowest BCUT2D eigenvalue weighted by Gasteiger charge is -2.42. The Morgan fingerprint density at radius 3 is 2.41 bits per heavy atom. The molecule has 2 aromatic carbocycles. The van der Waals surface area contributed by atoms with E-state index in [4.69, 9.17) is 5.73 Å². The van der Waals surface area contributed by atoms with Crippen LogP contribution in [0.1, 0.15) is 24.8 Å². The van der Waals surface area contributed by atoms with Crippen LogP contribution in [0, 0.1) is 0 Å². The first-order valence-electron chi connectivity index (χ1n) is 6.18. The molecule has 0 atom stereocenters. The maximum atomic E-state index is 10.1. The molecule has 0 heterocycles. The van der Waals surface area contributed by atoms with Crippen LogP contribution in [-0.2, 0) is 5.41 Å². The Labute approximate surface area is 101 Å². The zero-order valence-corrected chi connectivity index (χ0v) is 9.82. The van der Waals surface area contributed by atoms with Crippen LogP contribution >= 0.6 is 0 Å². The SMILES string of the molecule is NCC1(c2cccc3cccc(O)c23)CCC1. The topological polar surface area (TPSA) is 46.2 Å². The quantitative estimate of drug-likeness (QED) is 0.828. The third kappa shape index (κ3) is 1.44. The van der Waals surface area contributed by atoms with Crippen LogP contribution in [0.3, 0.4) is 0 Å². The molecular weight excluding hydrogens is 210 g/mol. The van der Waals surface area contributed by atoms with Gasteiger partial charge in [-0.25, -0.2) is 0 Å². The van der Waals surface area contributed by atoms with Crippen molar-refractivity contribution in [2.75, 3.05) is 6.54 Å². The third-order valence-corrected chi connectivity index (χ3v) is 4.16. The molecule has 0 unspecified atom stereocenters. The van der Waals surface area contributed by atoms with E-state index in [9.17, 15) is 5.11 Å². The fraction of sp³-hybridized carbons (Fsp3) is 0.333. The Balaban J connectivity index is 2.29. The first-order chi connectivity index (χ1) is 8.27. The van der Waals surface area contributed by atoms with Gasteiger partial charge in [0, 0.05) is 17.3 Å². The van der Waals surface area contributed by atoms with Gasteiger partial charge < -0.3 is 10.8 Å². The predicted octanol–water partition coefficient (Wildman–Crippen LogP) is 2.93. The number of nitrogens with two attached hydrogens (primary N) is 1. The molecule has 0 aliphatic heterocycles. The molecule has 0 aromatic heterocycles. The van der Waals surface area contributed by atoms with E-state index >= 15 is 0 Å². The number of phenolic OH excluding ortho intramolecular Hbond substituents is 1. The molecule has 3 N–H and O–H groups in total. The fourth-order valence-electron chi connectivity index (χ4n) is 2.95. The van der Waals surface area contributed by atoms with E-state index in [1.165, 1.54) is 12.0 Å². The molecule has 1 aliphatic rings. The van der Waals surface area contributed by atoms with Crippen molar-refractivity contribution in [3.63, 3.8) is 0 Å². The Morgan fingerprint density at radius 1 is 1.12 bits per heavy atom. The number of fused-ring (bicyclic) bond motifs is 1. The van der Waals surface area contributed by atoms with Crippen LogP contribution in [0.4, 0.5) is 0 Å². The lowest BCUT2D eigenvalue weighted by Crippen LogP contribution is -2.41. The number of phenols is 1. The third-order valence-electron chi connectivity index (χ3n) is 4.16. The molecule has 0 spiro atoms. The van der Waals surface area contributed by atoms with Gasteiger partial charge in [-0.1, -0.05) is 36.8 Å². The van der Waals surface area contributed by atoms with Gasteiger partial charge in [-0.15, -0.1) is 0 Å². The van der Waals surface area contributed by atoms with Crippen molar-refractivity contribution in [1.29, 1.82) is 0 Å². The van der Waals surface area contributed by atoms with E-state index in [0.29, 0.717) is 12.3 Å². The van der Waals surface area contributed by atoms with Crippen molar-refractivity contribution < 1.29 is 5.11 Å². The first-order valence-corrected chi connectivity index (χ1v) is 6.18. The summed E-state index contributed by atoms with van der Waals surface area (Å²) >= 11 is 0. The summed E-state index contributed by atoms with van der Waals surface area (Å²) in [5.41, 5.74) is 7.28. The summed E-state index contributed by atoms with van der Waals surface area (Å²) < 4.78 is 0. The lowest BCUT2D eigenvalue weighted by atomic mass is 9.63. The molecule has 88 valence electrons. The monoisotopic (exact) mass is 227 g/mol. The van der Waals surface area contributed by atoms with Crippen molar-refractivity contribution in [3.05, 3.63) is 42.0 Å². The normalized spacial score (nSPS) is 17.9. The van der Waals surface area contributed by atoms with Gasteiger partial charge in [0.25, 0.3) is 0 Å². The molecule has 2 heteroatoms. The summed E-state index contributed by atoms with van der Waals surface area (Å²) in [5, 5.41) is 12.2. The van der Waals surface area contributed by atoms with Gasteiger partial charge in [0.05, 0.1) is 0 Å². The van der Waals surface area contributed by atoms with Gasteiger partial charge in [0.15, 0.2) is 0 Å². The van der Waals surface area contributed by atoms with Crippen LogP contribution in [0.5, 0.6) is 5.75 Å². The minimum atomic E-state index is 0.0956. The van der Waals surface area contributed by atoms with Gasteiger partial charge in [-0.2, -0.15) is 0 Å².